The number of benzene rings is 1. The molecule has 0 saturated heterocycles. The second-order valence-corrected chi connectivity index (χ2v) is 8.15. The van der Waals surface area contributed by atoms with Gasteiger partial charge >= 0.3 is 0 Å². The quantitative estimate of drug-likeness (QED) is 0.654. The minimum Gasteiger partial charge on any atom is -0.490 e. The van der Waals surface area contributed by atoms with E-state index in [0.29, 0.717) is 29.2 Å². The first kappa shape index (κ1) is 16.1. The molecule has 1 aromatic rings. The molecular formula is C14H19ClN2O3S. The van der Waals surface area contributed by atoms with Crippen LogP contribution in [0.3, 0.4) is 0 Å². The van der Waals surface area contributed by atoms with Crippen molar-refractivity contribution in [1.82, 2.24) is 0 Å². The van der Waals surface area contributed by atoms with Crippen LogP contribution in [-0.2, 0) is 9.84 Å². The molecule has 0 heterocycles. The van der Waals surface area contributed by atoms with Crippen LogP contribution in [0.15, 0.2) is 18.2 Å². The van der Waals surface area contributed by atoms with Crippen molar-refractivity contribution in [3.05, 3.63) is 28.8 Å². The lowest BCUT2D eigenvalue weighted by Gasteiger charge is -2.28. The van der Waals surface area contributed by atoms with Gasteiger partial charge in [0.1, 0.15) is 21.4 Å². The first-order valence-electron chi connectivity index (χ1n) is 6.77. The van der Waals surface area contributed by atoms with Crippen molar-refractivity contribution in [3.8, 4) is 5.75 Å². The van der Waals surface area contributed by atoms with Crippen molar-refractivity contribution in [2.24, 2.45) is 5.73 Å². The van der Waals surface area contributed by atoms with E-state index in [1.807, 2.05) is 0 Å². The van der Waals surface area contributed by atoms with Crippen LogP contribution in [0.1, 0.15) is 31.2 Å². The van der Waals surface area contributed by atoms with E-state index in [1.54, 1.807) is 18.2 Å². The topological polar surface area (TPSA) is 93.2 Å². The Kier molecular flexibility index (Phi) is 4.78. The van der Waals surface area contributed by atoms with Crippen molar-refractivity contribution < 1.29 is 13.2 Å². The van der Waals surface area contributed by atoms with Crippen molar-refractivity contribution in [2.45, 2.75) is 37.0 Å². The van der Waals surface area contributed by atoms with E-state index in [0.717, 1.165) is 12.8 Å². The number of nitrogens with two attached hydrogens (primary N) is 1. The smallest absolute Gasteiger partial charge is 0.150 e. The van der Waals surface area contributed by atoms with E-state index >= 15 is 0 Å². The molecule has 0 spiro atoms. The predicted octanol–water partition coefficient (Wildman–Crippen LogP) is 2.36. The highest BCUT2D eigenvalue weighted by Gasteiger charge is 2.30. The molecule has 1 aromatic carbocycles. The van der Waals surface area contributed by atoms with E-state index in [1.165, 1.54) is 6.26 Å². The second-order valence-electron chi connectivity index (χ2n) is 5.41. The maximum absolute atomic E-state index is 11.6. The summed E-state index contributed by atoms with van der Waals surface area (Å²) in [4.78, 5) is 0. The van der Waals surface area contributed by atoms with Gasteiger partial charge in [0, 0.05) is 18.2 Å². The van der Waals surface area contributed by atoms with Crippen molar-refractivity contribution in [1.29, 1.82) is 5.41 Å². The van der Waals surface area contributed by atoms with Gasteiger partial charge in [0.25, 0.3) is 0 Å². The normalized spacial score (nSPS) is 22.8. The summed E-state index contributed by atoms with van der Waals surface area (Å²) in [5.74, 6) is 0.477. The second kappa shape index (κ2) is 6.23. The zero-order valence-corrected chi connectivity index (χ0v) is 13.4. The number of nitrogens with one attached hydrogen (secondary N) is 1. The maximum Gasteiger partial charge on any atom is 0.150 e. The molecule has 0 bridgehead atoms. The van der Waals surface area contributed by atoms with Gasteiger partial charge in [-0.15, -0.1) is 0 Å². The summed E-state index contributed by atoms with van der Waals surface area (Å²) in [6, 6.07) is 4.95. The predicted molar refractivity (Wildman–Crippen MR) is 84.0 cm³/mol. The monoisotopic (exact) mass is 330 g/mol. The third-order valence-corrected chi connectivity index (χ3v) is 5.67. The number of halogens is 1. The lowest BCUT2D eigenvalue weighted by molar-refractivity contribution is 0.156. The molecule has 2 unspecified atom stereocenters. The molecule has 0 amide bonds. The molecule has 0 aromatic heterocycles. The van der Waals surface area contributed by atoms with Crippen molar-refractivity contribution in [3.63, 3.8) is 0 Å². The Balaban J connectivity index is 2.08. The van der Waals surface area contributed by atoms with Crippen LogP contribution in [0.4, 0.5) is 0 Å². The van der Waals surface area contributed by atoms with E-state index in [-0.39, 0.29) is 17.2 Å². The Morgan fingerprint density at radius 3 is 2.71 bits per heavy atom. The van der Waals surface area contributed by atoms with Gasteiger partial charge in [-0.05, 0) is 37.5 Å². The number of ether oxygens (including phenoxy) is 1. The average Bonchev–Trinajstić information content (AvgIpc) is 2.37. The molecule has 1 saturated carbocycles. The van der Waals surface area contributed by atoms with Crippen LogP contribution in [-0.4, -0.2) is 31.9 Å². The van der Waals surface area contributed by atoms with Crippen LogP contribution in [0.2, 0.25) is 5.02 Å². The van der Waals surface area contributed by atoms with Crippen LogP contribution < -0.4 is 10.5 Å². The van der Waals surface area contributed by atoms with Crippen LogP contribution >= 0.6 is 11.6 Å². The molecular weight excluding hydrogens is 312 g/mol. The molecule has 1 aliphatic rings. The van der Waals surface area contributed by atoms with E-state index in [4.69, 9.17) is 27.5 Å². The highest BCUT2D eigenvalue weighted by Crippen LogP contribution is 2.29. The number of rotatable bonds is 4. The van der Waals surface area contributed by atoms with E-state index < -0.39 is 9.84 Å². The van der Waals surface area contributed by atoms with Gasteiger partial charge in [-0.1, -0.05) is 11.6 Å². The zero-order valence-electron chi connectivity index (χ0n) is 11.8. The zero-order chi connectivity index (χ0) is 15.6. The van der Waals surface area contributed by atoms with Crippen molar-refractivity contribution in [2.75, 3.05) is 6.26 Å². The summed E-state index contributed by atoms with van der Waals surface area (Å²) in [7, 11) is -3.03. The molecule has 2 rings (SSSR count). The Bertz CT molecular complexity index is 646. The summed E-state index contributed by atoms with van der Waals surface area (Å²) in [6.45, 7) is 0. The number of amidine groups is 1. The summed E-state index contributed by atoms with van der Waals surface area (Å²) < 4.78 is 29.1. The number of hydrogen-bond acceptors (Lipinski definition) is 4. The summed E-state index contributed by atoms with van der Waals surface area (Å²) in [5, 5.41) is 7.41. The molecule has 5 nitrogen and oxygen atoms in total. The Labute approximate surface area is 129 Å². The van der Waals surface area contributed by atoms with Gasteiger partial charge in [-0.2, -0.15) is 0 Å². The fraction of sp³-hybridized carbons (Fsp3) is 0.500. The molecule has 0 radical (unpaired) electrons. The van der Waals surface area contributed by atoms with E-state index in [9.17, 15) is 8.42 Å². The van der Waals surface area contributed by atoms with Gasteiger partial charge in [-0.3, -0.25) is 5.41 Å². The van der Waals surface area contributed by atoms with Crippen LogP contribution in [0, 0.1) is 5.41 Å². The summed E-state index contributed by atoms with van der Waals surface area (Å²) >= 11 is 6.05. The first-order chi connectivity index (χ1) is 9.77. The van der Waals surface area contributed by atoms with Gasteiger partial charge < -0.3 is 10.5 Å². The minimum atomic E-state index is -3.03. The minimum absolute atomic E-state index is 0.0960. The largest absolute Gasteiger partial charge is 0.490 e. The molecule has 2 atom stereocenters. The Morgan fingerprint density at radius 2 is 2.14 bits per heavy atom. The number of sulfone groups is 1. The molecule has 116 valence electrons. The molecule has 1 fully saturated rings. The fourth-order valence-corrected chi connectivity index (χ4v) is 4.01. The van der Waals surface area contributed by atoms with Gasteiger partial charge in [0.05, 0.1) is 16.4 Å². The first-order valence-corrected chi connectivity index (χ1v) is 9.10. The molecule has 0 aliphatic heterocycles. The van der Waals surface area contributed by atoms with Crippen LogP contribution in [0.25, 0.3) is 0 Å². The Hall–Kier alpha value is -1.27. The van der Waals surface area contributed by atoms with Gasteiger partial charge in [0.15, 0.2) is 0 Å². The molecule has 7 heteroatoms. The highest BCUT2D eigenvalue weighted by molar-refractivity contribution is 7.91. The third-order valence-electron chi connectivity index (χ3n) is 3.72. The molecule has 21 heavy (non-hydrogen) atoms. The molecule has 3 N–H and O–H groups in total. The maximum atomic E-state index is 11.6. The van der Waals surface area contributed by atoms with Crippen LogP contribution in [0.5, 0.6) is 5.75 Å². The Morgan fingerprint density at radius 1 is 1.43 bits per heavy atom. The SMILES string of the molecule is CS(=O)(=O)C1CCCC(Oc2ccc(C(=N)N)c(Cl)c2)C1. The average molecular weight is 331 g/mol. The fourth-order valence-electron chi connectivity index (χ4n) is 2.58. The standard InChI is InChI=1S/C14H19ClN2O3S/c1-21(18,19)11-4-2-3-9(7-11)20-10-5-6-12(14(16)17)13(15)8-10/h5-6,8-9,11H,2-4,7H2,1H3,(H3,16,17). The lowest BCUT2D eigenvalue weighted by atomic mass is 9.97. The third kappa shape index (κ3) is 4.11. The van der Waals surface area contributed by atoms with Gasteiger partial charge in [0.2, 0.25) is 0 Å². The number of hydrogen-bond donors (Lipinski definition) is 2. The van der Waals surface area contributed by atoms with Crippen molar-refractivity contribution >= 4 is 27.3 Å². The van der Waals surface area contributed by atoms with E-state index in [2.05, 4.69) is 0 Å². The lowest BCUT2D eigenvalue weighted by Crippen LogP contribution is -2.33. The molecule has 1 aliphatic carbocycles. The van der Waals surface area contributed by atoms with Gasteiger partial charge in [-0.25, -0.2) is 8.42 Å². The highest BCUT2D eigenvalue weighted by atomic mass is 35.5. The summed E-state index contributed by atoms with van der Waals surface area (Å²) in [6.07, 6.45) is 4.02. The number of nitrogen functional groups attached to an aromatic ring is 1. The summed E-state index contributed by atoms with van der Waals surface area (Å²) in [5.41, 5.74) is 5.87.